The summed E-state index contributed by atoms with van der Waals surface area (Å²) in [6.45, 7) is 0. The lowest BCUT2D eigenvalue weighted by Crippen LogP contribution is -2.37. The summed E-state index contributed by atoms with van der Waals surface area (Å²) in [5, 5.41) is 0. The van der Waals surface area contributed by atoms with Gasteiger partial charge in [-0.05, 0) is 31.4 Å². The molecule has 6 heteroatoms. The molecule has 0 atom stereocenters. The number of alkyl halides is 3. The standard InChI is InChI=1S/C11H14F3N3/c1-17(8-3-2-4-8)10-6-7(11(12,13)14)5-9(15)16-10/h5-6,8H,2-4H2,1H3,(H2,15,16). The highest BCUT2D eigenvalue weighted by Gasteiger charge is 2.32. The minimum atomic E-state index is -4.38. The number of rotatable bonds is 2. The molecular formula is C11H14F3N3. The summed E-state index contributed by atoms with van der Waals surface area (Å²) in [4.78, 5) is 5.73. The van der Waals surface area contributed by atoms with Crippen LogP contribution < -0.4 is 10.6 Å². The van der Waals surface area contributed by atoms with E-state index in [0.29, 0.717) is 5.82 Å². The maximum Gasteiger partial charge on any atom is 0.416 e. The maximum atomic E-state index is 12.6. The fourth-order valence-electron chi connectivity index (χ4n) is 1.84. The van der Waals surface area contributed by atoms with Crippen molar-refractivity contribution in [3.05, 3.63) is 17.7 Å². The van der Waals surface area contributed by atoms with Crippen LogP contribution in [0.25, 0.3) is 0 Å². The van der Waals surface area contributed by atoms with E-state index in [0.717, 1.165) is 31.4 Å². The fraction of sp³-hybridized carbons (Fsp3) is 0.545. The first-order valence-electron chi connectivity index (χ1n) is 5.45. The Morgan fingerprint density at radius 1 is 1.35 bits per heavy atom. The van der Waals surface area contributed by atoms with Crippen LogP contribution in [0.5, 0.6) is 0 Å². The van der Waals surface area contributed by atoms with Gasteiger partial charge in [0.2, 0.25) is 0 Å². The number of anilines is 2. The number of hydrogen-bond acceptors (Lipinski definition) is 3. The van der Waals surface area contributed by atoms with E-state index in [4.69, 9.17) is 5.73 Å². The molecule has 0 aromatic carbocycles. The lowest BCUT2D eigenvalue weighted by atomic mass is 9.92. The molecule has 1 saturated carbocycles. The summed E-state index contributed by atoms with van der Waals surface area (Å²) in [6.07, 6.45) is -1.28. The molecular weight excluding hydrogens is 231 g/mol. The van der Waals surface area contributed by atoms with Crippen molar-refractivity contribution in [2.45, 2.75) is 31.5 Å². The molecule has 1 aromatic heterocycles. The molecule has 0 bridgehead atoms. The molecule has 0 saturated heterocycles. The summed E-state index contributed by atoms with van der Waals surface area (Å²) < 4.78 is 37.8. The van der Waals surface area contributed by atoms with Gasteiger partial charge in [0.25, 0.3) is 0 Å². The minimum Gasteiger partial charge on any atom is -0.384 e. The Kier molecular flexibility index (Phi) is 2.89. The summed E-state index contributed by atoms with van der Waals surface area (Å²) in [5.74, 6) is 0.197. The van der Waals surface area contributed by atoms with E-state index in [-0.39, 0.29) is 11.9 Å². The molecule has 1 aliphatic carbocycles. The smallest absolute Gasteiger partial charge is 0.384 e. The van der Waals surface area contributed by atoms with Gasteiger partial charge in [0.05, 0.1) is 5.56 Å². The number of halogens is 3. The maximum absolute atomic E-state index is 12.6. The Morgan fingerprint density at radius 3 is 2.47 bits per heavy atom. The van der Waals surface area contributed by atoms with Crippen molar-refractivity contribution >= 4 is 11.6 Å². The average Bonchev–Trinajstić information content (AvgIpc) is 2.12. The van der Waals surface area contributed by atoms with Gasteiger partial charge in [0.15, 0.2) is 0 Å². The van der Waals surface area contributed by atoms with E-state index < -0.39 is 11.7 Å². The van der Waals surface area contributed by atoms with Gasteiger partial charge in [-0.15, -0.1) is 0 Å². The molecule has 0 spiro atoms. The predicted molar refractivity (Wildman–Crippen MR) is 59.7 cm³/mol. The topological polar surface area (TPSA) is 42.1 Å². The molecule has 1 heterocycles. The molecule has 1 aromatic rings. The van der Waals surface area contributed by atoms with Crippen molar-refractivity contribution in [2.75, 3.05) is 17.7 Å². The number of pyridine rings is 1. The highest BCUT2D eigenvalue weighted by atomic mass is 19.4. The molecule has 17 heavy (non-hydrogen) atoms. The second kappa shape index (κ2) is 4.09. The van der Waals surface area contributed by atoms with Crippen LogP contribution in [-0.4, -0.2) is 18.1 Å². The number of hydrogen-bond donors (Lipinski definition) is 1. The van der Waals surface area contributed by atoms with Gasteiger partial charge in [0, 0.05) is 13.1 Å². The van der Waals surface area contributed by atoms with Gasteiger partial charge in [-0.1, -0.05) is 0 Å². The molecule has 1 fully saturated rings. The minimum absolute atomic E-state index is 0.0963. The van der Waals surface area contributed by atoms with Gasteiger partial charge in [-0.3, -0.25) is 0 Å². The number of nitrogen functional groups attached to an aromatic ring is 1. The van der Waals surface area contributed by atoms with Crippen LogP contribution in [0.15, 0.2) is 12.1 Å². The van der Waals surface area contributed by atoms with Crippen molar-refractivity contribution < 1.29 is 13.2 Å². The Bertz CT molecular complexity index is 413. The monoisotopic (exact) mass is 245 g/mol. The molecule has 0 amide bonds. The fourth-order valence-corrected chi connectivity index (χ4v) is 1.84. The van der Waals surface area contributed by atoms with Crippen LogP contribution in [-0.2, 0) is 6.18 Å². The van der Waals surface area contributed by atoms with Crippen LogP contribution in [0.3, 0.4) is 0 Å². The molecule has 1 aliphatic rings. The van der Waals surface area contributed by atoms with E-state index in [1.165, 1.54) is 0 Å². The van der Waals surface area contributed by atoms with Gasteiger partial charge >= 0.3 is 6.18 Å². The van der Waals surface area contributed by atoms with Gasteiger partial charge in [-0.2, -0.15) is 13.2 Å². The second-order valence-electron chi connectivity index (χ2n) is 4.33. The van der Waals surface area contributed by atoms with Crippen molar-refractivity contribution in [1.29, 1.82) is 0 Å². The zero-order valence-electron chi connectivity index (χ0n) is 9.46. The van der Waals surface area contributed by atoms with Crippen LogP contribution >= 0.6 is 0 Å². The first-order valence-corrected chi connectivity index (χ1v) is 5.45. The zero-order chi connectivity index (χ0) is 12.6. The molecule has 0 radical (unpaired) electrons. The first-order chi connectivity index (χ1) is 7.88. The highest BCUT2D eigenvalue weighted by Crippen LogP contribution is 2.34. The first kappa shape index (κ1) is 12.0. The van der Waals surface area contributed by atoms with E-state index >= 15 is 0 Å². The summed E-state index contributed by atoms with van der Waals surface area (Å²) >= 11 is 0. The van der Waals surface area contributed by atoms with Crippen LogP contribution in [0.2, 0.25) is 0 Å². The quantitative estimate of drug-likeness (QED) is 0.871. The van der Waals surface area contributed by atoms with E-state index in [2.05, 4.69) is 4.98 Å². The molecule has 94 valence electrons. The van der Waals surface area contributed by atoms with Gasteiger partial charge < -0.3 is 10.6 Å². The Hall–Kier alpha value is -1.46. The zero-order valence-corrected chi connectivity index (χ0v) is 9.46. The van der Waals surface area contributed by atoms with Crippen molar-refractivity contribution in [2.24, 2.45) is 0 Å². The Labute approximate surface area is 97.4 Å². The third-order valence-electron chi connectivity index (χ3n) is 3.14. The van der Waals surface area contributed by atoms with Gasteiger partial charge in [-0.25, -0.2) is 4.98 Å². The Morgan fingerprint density at radius 2 is 2.00 bits per heavy atom. The highest BCUT2D eigenvalue weighted by molar-refractivity contribution is 5.49. The van der Waals surface area contributed by atoms with E-state index in [9.17, 15) is 13.2 Å². The lowest BCUT2D eigenvalue weighted by molar-refractivity contribution is -0.137. The number of nitrogens with two attached hydrogens (primary N) is 1. The molecule has 2 N–H and O–H groups in total. The van der Waals surface area contributed by atoms with Crippen molar-refractivity contribution in [3.8, 4) is 0 Å². The van der Waals surface area contributed by atoms with E-state index in [1.807, 2.05) is 0 Å². The molecule has 2 rings (SSSR count). The van der Waals surface area contributed by atoms with Crippen molar-refractivity contribution in [1.82, 2.24) is 4.98 Å². The van der Waals surface area contributed by atoms with Crippen LogP contribution in [0.4, 0.5) is 24.8 Å². The number of nitrogens with zero attached hydrogens (tertiary/aromatic N) is 2. The molecule has 3 nitrogen and oxygen atoms in total. The second-order valence-corrected chi connectivity index (χ2v) is 4.33. The van der Waals surface area contributed by atoms with E-state index in [1.54, 1.807) is 11.9 Å². The summed E-state index contributed by atoms with van der Waals surface area (Å²) in [6, 6.07) is 2.19. The normalized spacial score (nSPS) is 16.7. The third-order valence-corrected chi connectivity index (χ3v) is 3.14. The molecule has 0 aliphatic heterocycles. The average molecular weight is 245 g/mol. The third kappa shape index (κ3) is 2.45. The van der Waals surface area contributed by atoms with Crippen LogP contribution in [0.1, 0.15) is 24.8 Å². The number of aromatic nitrogens is 1. The summed E-state index contributed by atoms with van der Waals surface area (Å²) in [5.41, 5.74) is 4.67. The predicted octanol–water partition coefficient (Wildman–Crippen LogP) is 2.67. The summed E-state index contributed by atoms with van der Waals surface area (Å²) in [7, 11) is 1.76. The van der Waals surface area contributed by atoms with Crippen LogP contribution in [0, 0.1) is 0 Å². The van der Waals surface area contributed by atoms with Crippen molar-refractivity contribution in [3.63, 3.8) is 0 Å². The van der Waals surface area contributed by atoms with Gasteiger partial charge in [0.1, 0.15) is 11.6 Å². The molecule has 0 unspecified atom stereocenters. The SMILES string of the molecule is CN(c1cc(C(F)(F)F)cc(N)n1)C1CCC1. The largest absolute Gasteiger partial charge is 0.416 e. The lowest BCUT2D eigenvalue weighted by Gasteiger charge is -2.35. The Balaban J connectivity index is 2.30.